The van der Waals surface area contributed by atoms with Gasteiger partial charge in [0.2, 0.25) is 5.89 Å². The first-order chi connectivity index (χ1) is 7.27. The smallest absolute Gasteiger partial charge is 0.379 e. The summed E-state index contributed by atoms with van der Waals surface area (Å²) in [5, 5.41) is 11.8. The van der Waals surface area contributed by atoms with Gasteiger partial charge in [-0.25, -0.2) is 4.79 Å². The quantitative estimate of drug-likeness (QED) is 0.532. The minimum Gasteiger partial charge on any atom is -0.460 e. The molecule has 1 heterocycles. The molecule has 0 atom stereocenters. The van der Waals surface area contributed by atoms with E-state index in [1.54, 1.807) is 6.92 Å². The molecule has 1 aromatic rings. The molecule has 0 aliphatic heterocycles. The number of hydrogen-bond acceptors (Lipinski definition) is 6. The number of aryl methyl sites for hydroxylation is 1. The van der Waals surface area contributed by atoms with E-state index in [0.717, 1.165) is 0 Å². The second-order valence-electron chi connectivity index (χ2n) is 2.74. The van der Waals surface area contributed by atoms with Gasteiger partial charge in [-0.05, 0) is 18.5 Å². The van der Waals surface area contributed by atoms with Gasteiger partial charge in [0, 0.05) is 12.8 Å². The van der Waals surface area contributed by atoms with Crippen LogP contribution in [0.1, 0.15) is 36.3 Å². The number of nitrogens with zero attached hydrogens (tertiary/aromatic N) is 3. The minimum absolute atomic E-state index is 0.0659. The maximum absolute atomic E-state index is 11.1. The lowest BCUT2D eigenvalue weighted by molar-refractivity contribution is 0.0508. The maximum Gasteiger partial charge on any atom is 0.379 e. The number of hydrogen-bond donors (Lipinski definition) is 0. The number of nitriles is 1. The van der Waals surface area contributed by atoms with Crippen molar-refractivity contribution in [1.82, 2.24) is 10.1 Å². The molecule has 1 aromatic heterocycles. The predicted molar refractivity (Wildman–Crippen MR) is 48.8 cm³/mol. The highest BCUT2D eigenvalue weighted by Crippen LogP contribution is 2.03. The first-order valence-electron chi connectivity index (χ1n) is 4.64. The van der Waals surface area contributed by atoms with Crippen molar-refractivity contribution in [2.75, 3.05) is 6.61 Å². The molecular formula is C9H11N3O3. The summed E-state index contributed by atoms with van der Waals surface area (Å²) in [5.41, 5.74) is 0. The summed E-state index contributed by atoms with van der Waals surface area (Å²) in [6.07, 6.45) is 1.57. The van der Waals surface area contributed by atoms with Crippen molar-refractivity contribution >= 4 is 5.97 Å². The van der Waals surface area contributed by atoms with E-state index in [2.05, 4.69) is 10.1 Å². The van der Waals surface area contributed by atoms with E-state index >= 15 is 0 Å². The van der Waals surface area contributed by atoms with Crippen molar-refractivity contribution in [2.24, 2.45) is 0 Å². The van der Waals surface area contributed by atoms with Crippen molar-refractivity contribution in [3.8, 4) is 6.07 Å². The van der Waals surface area contributed by atoms with E-state index in [1.807, 2.05) is 6.07 Å². The van der Waals surface area contributed by atoms with E-state index in [9.17, 15) is 4.79 Å². The van der Waals surface area contributed by atoms with Crippen LogP contribution in [0.3, 0.4) is 0 Å². The number of carbonyl (C=O) groups excluding carboxylic acids is 1. The zero-order chi connectivity index (χ0) is 11.1. The lowest BCUT2D eigenvalue weighted by atomic mass is 10.2. The summed E-state index contributed by atoms with van der Waals surface area (Å²) in [4.78, 5) is 15.0. The van der Waals surface area contributed by atoms with Gasteiger partial charge in [-0.3, -0.25) is 0 Å². The fraction of sp³-hybridized carbons (Fsp3) is 0.556. The van der Waals surface area contributed by atoms with E-state index in [0.29, 0.717) is 25.2 Å². The van der Waals surface area contributed by atoms with Gasteiger partial charge < -0.3 is 9.26 Å². The molecule has 0 aromatic carbocycles. The Morgan fingerprint density at radius 3 is 3.13 bits per heavy atom. The molecule has 6 heteroatoms. The average Bonchev–Trinajstić information content (AvgIpc) is 2.67. The molecular weight excluding hydrogens is 198 g/mol. The van der Waals surface area contributed by atoms with Crippen LogP contribution in [0.5, 0.6) is 0 Å². The summed E-state index contributed by atoms with van der Waals surface area (Å²) < 4.78 is 9.50. The number of unbranched alkanes of at least 4 members (excludes halogenated alkanes) is 1. The molecule has 0 fully saturated rings. The SMILES string of the molecule is CCOC(=O)c1noc(CCCC#N)n1. The third-order valence-corrected chi connectivity index (χ3v) is 1.61. The second-order valence-corrected chi connectivity index (χ2v) is 2.74. The van der Waals surface area contributed by atoms with Crippen LogP contribution in [0.2, 0.25) is 0 Å². The van der Waals surface area contributed by atoms with Gasteiger partial charge >= 0.3 is 5.97 Å². The summed E-state index contributed by atoms with van der Waals surface area (Å²) in [5.74, 6) is -0.301. The molecule has 1 rings (SSSR count). The molecule has 6 nitrogen and oxygen atoms in total. The van der Waals surface area contributed by atoms with Crippen LogP contribution in [0.15, 0.2) is 4.52 Å². The lowest BCUT2D eigenvalue weighted by Crippen LogP contribution is -2.06. The van der Waals surface area contributed by atoms with Crippen LogP contribution in [-0.4, -0.2) is 22.7 Å². The summed E-state index contributed by atoms with van der Waals surface area (Å²) in [6, 6.07) is 2.01. The van der Waals surface area contributed by atoms with Crippen LogP contribution in [0.25, 0.3) is 0 Å². The highest BCUT2D eigenvalue weighted by molar-refractivity contribution is 5.84. The van der Waals surface area contributed by atoms with E-state index in [4.69, 9.17) is 14.5 Å². The Kier molecular flexibility index (Phi) is 4.29. The fourth-order valence-electron chi connectivity index (χ4n) is 0.954. The van der Waals surface area contributed by atoms with Gasteiger partial charge in [-0.2, -0.15) is 10.2 Å². The van der Waals surface area contributed by atoms with Crippen molar-refractivity contribution in [1.29, 1.82) is 5.26 Å². The Hall–Kier alpha value is -1.90. The molecule has 0 aliphatic rings. The number of ether oxygens (including phenoxy) is 1. The minimum atomic E-state index is -0.590. The first kappa shape index (κ1) is 11.2. The summed E-state index contributed by atoms with van der Waals surface area (Å²) in [7, 11) is 0. The van der Waals surface area contributed by atoms with E-state index in [-0.39, 0.29) is 12.4 Å². The van der Waals surface area contributed by atoms with Crippen molar-refractivity contribution in [2.45, 2.75) is 26.2 Å². The van der Waals surface area contributed by atoms with Crippen molar-refractivity contribution < 1.29 is 14.1 Å². The topological polar surface area (TPSA) is 89.0 Å². The highest BCUT2D eigenvalue weighted by atomic mass is 16.5. The van der Waals surface area contributed by atoms with Crippen molar-refractivity contribution in [3.63, 3.8) is 0 Å². The zero-order valence-electron chi connectivity index (χ0n) is 8.39. The molecule has 0 aliphatic carbocycles. The monoisotopic (exact) mass is 209 g/mol. The second kappa shape index (κ2) is 5.75. The van der Waals surface area contributed by atoms with Gasteiger partial charge in [0.05, 0.1) is 12.7 Å². The Morgan fingerprint density at radius 1 is 1.67 bits per heavy atom. The molecule has 0 spiro atoms. The van der Waals surface area contributed by atoms with E-state index in [1.165, 1.54) is 0 Å². The molecule has 0 bridgehead atoms. The molecule has 15 heavy (non-hydrogen) atoms. The molecule has 0 saturated heterocycles. The molecule has 0 saturated carbocycles. The van der Waals surface area contributed by atoms with Gasteiger partial charge in [0.25, 0.3) is 5.82 Å². The molecule has 0 radical (unpaired) electrons. The van der Waals surface area contributed by atoms with Crippen molar-refractivity contribution in [3.05, 3.63) is 11.7 Å². The molecule has 80 valence electrons. The normalized spacial score (nSPS) is 9.60. The molecule has 0 N–H and O–H groups in total. The van der Waals surface area contributed by atoms with Crippen LogP contribution in [0.4, 0.5) is 0 Å². The summed E-state index contributed by atoms with van der Waals surface area (Å²) >= 11 is 0. The number of carbonyl (C=O) groups is 1. The predicted octanol–water partition coefficient (Wildman–Crippen LogP) is 1.09. The van der Waals surface area contributed by atoms with Gasteiger partial charge in [0.1, 0.15) is 0 Å². The lowest BCUT2D eigenvalue weighted by Gasteiger charge is -1.93. The third-order valence-electron chi connectivity index (χ3n) is 1.61. The van der Waals surface area contributed by atoms with Gasteiger partial charge in [0.15, 0.2) is 0 Å². The van der Waals surface area contributed by atoms with E-state index < -0.39 is 5.97 Å². The number of rotatable bonds is 5. The average molecular weight is 209 g/mol. The first-order valence-corrected chi connectivity index (χ1v) is 4.64. The molecule has 0 unspecified atom stereocenters. The summed E-state index contributed by atoms with van der Waals surface area (Å²) in [6.45, 7) is 1.98. The van der Waals surface area contributed by atoms with Gasteiger partial charge in [-0.15, -0.1) is 0 Å². The Bertz CT molecular complexity index is 367. The largest absolute Gasteiger partial charge is 0.460 e. The Labute approximate surface area is 86.8 Å². The zero-order valence-corrected chi connectivity index (χ0v) is 8.39. The molecule has 0 amide bonds. The standard InChI is InChI=1S/C9H11N3O3/c1-2-14-9(13)8-11-7(15-12-8)5-3-4-6-10/h2-5H2,1H3. The Morgan fingerprint density at radius 2 is 2.47 bits per heavy atom. The van der Waals surface area contributed by atoms with Crippen LogP contribution in [-0.2, 0) is 11.2 Å². The third kappa shape index (κ3) is 3.38. The highest BCUT2D eigenvalue weighted by Gasteiger charge is 2.14. The fourth-order valence-corrected chi connectivity index (χ4v) is 0.954. The van der Waals surface area contributed by atoms with Gasteiger partial charge in [-0.1, -0.05) is 0 Å². The number of esters is 1. The Balaban J connectivity index is 2.49. The van der Waals surface area contributed by atoms with Crippen LogP contribution in [0, 0.1) is 11.3 Å². The maximum atomic E-state index is 11.1. The van der Waals surface area contributed by atoms with Crippen LogP contribution < -0.4 is 0 Å². The van der Waals surface area contributed by atoms with Crippen LogP contribution >= 0.6 is 0 Å². The number of aromatic nitrogens is 2.